The largest absolute Gasteiger partial charge is 0.468 e. The Morgan fingerprint density at radius 2 is 2.00 bits per heavy atom. The molecule has 0 amide bonds. The quantitative estimate of drug-likeness (QED) is 0.637. The van der Waals surface area contributed by atoms with Gasteiger partial charge in [-0.25, -0.2) is 0 Å². The number of H-pyrrole nitrogens is 1. The summed E-state index contributed by atoms with van der Waals surface area (Å²) in [6.45, 7) is 0.525. The zero-order valence-electron chi connectivity index (χ0n) is 14.7. The summed E-state index contributed by atoms with van der Waals surface area (Å²) in [6, 6.07) is 7.06. The number of piperidine rings is 1. The van der Waals surface area contributed by atoms with Crippen molar-refractivity contribution >= 4 is 28.6 Å². The van der Waals surface area contributed by atoms with Crippen LogP contribution < -0.4 is 0 Å². The number of hydrogen-bond acceptors (Lipinski definition) is 6. The van der Waals surface area contributed by atoms with E-state index in [1.54, 1.807) is 0 Å². The van der Waals surface area contributed by atoms with Crippen molar-refractivity contribution < 1.29 is 23.9 Å². The lowest BCUT2D eigenvalue weighted by molar-refractivity contribution is -0.159. The molecule has 1 N–H and O–H groups in total. The second kappa shape index (κ2) is 5.95. The van der Waals surface area contributed by atoms with E-state index in [2.05, 4.69) is 4.98 Å². The summed E-state index contributed by atoms with van der Waals surface area (Å²) in [5.41, 5.74) is 0.742. The Balaban J connectivity index is 2.02. The zero-order valence-corrected chi connectivity index (χ0v) is 14.7. The van der Waals surface area contributed by atoms with Crippen LogP contribution >= 0.6 is 0 Å². The number of esters is 2. The SMILES string of the molecule is COC(=O)[C@@H]1Cc2c([nH]c3ccccc23)[C@]2(C(=O)OC)CN1CCC2=O. The molecule has 1 aromatic carbocycles. The van der Waals surface area contributed by atoms with Crippen LogP contribution in [0.4, 0.5) is 0 Å². The Morgan fingerprint density at radius 1 is 1.23 bits per heavy atom. The minimum atomic E-state index is -1.44. The number of carbonyl (C=O) groups is 3. The summed E-state index contributed by atoms with van der Waals surface area (Å²) < 4.78 is 10.0. The molecule has 3 atom stereocenters. The predicted octanol–water partition coefficient (Wildman–Crippen LogP) is 0.951. The number of rotatable bonds is 2. The fourth-order valence-corrected chi connectivity index (χ4v) is 4.34. The lowest BCUT2D eigenvalue weighted by atomic mass is 9.75. The zero-order chi connectivity index (χ0) is 18.5. The van der Waals surface area contributed by atoms with E-state index in [9.17, 15) is 14.4 Å². The molecule has 7 heteroatoms. The molecule has 26 heavy (non-hydrogen) atoms. The molecule has 0 aliphatic carbocycles. The first kappa shape index (κ1) is 16.8. The highest BCUT2D eigenvalue weighted by Gasteiger charge is 2.57. The number of aromatic nitrogens is 1. The Hall–Kier alpha value is -2.67. The molecule has 1 aromatic heterocycles. The number of ether oxygens (including phenoxy) is 2. The lowest BCUT2D eigenvalue weighted by Gasteiger charge is -2.39. The number of nitrogens with zero attached hydrogens (tertiary/aromatic N) is 1. The Morgan fingerprint density at radius 3 is 2.73 bits per heavy atom. The van der Waals surface area contributed by atoms with Gasteiger partial charge in [-0.1, -0.05) is 18.2 Å². The van der Waals surface area contributed by atoms with Gasteiger partial charge in [-0.2, -0.15) is 0 Å². The normalized spacial score (nSPS) is 27.5. The molecule has 2 bridgehead atoms. The van der Waals surface area contributed by atoms with Crippen LogP contribution in [-0.4, -0.2) is 61.0 Å². The number of para-hydroxylation sites is 1. The summed E-state index contributed by atoms with van der Waals surface area (Å²) in [7, 11) is 2.64. The summed E-state index contributed by atoms with van der Waals surface area (Å²) in [5, 5.41) is 0.904. The van der Waals surface area contributed by atoms with Gasteiger partial charge in [0.15, 0.2) is 11.2 Å². The lowest BCUT2D eigenvalue weighted by Crippen LogP contribution is -2.59. The van der Waals surface area contributed by atoms with Gasteiger partial charge in [0.05, 0.1) is 14.2 Å². The number of fused-ring (bicyclic) bond motifs is 6. The third kappa shape index (κ3) is 2.13. The smallest absolute Gasteiger partial charge is 0.326 e. The average molecular weight is 356 g/mol. The van der Waals surface area contributed by atoms with Gasteiger partial charge in [-0.3, -0.25) is 19.3 Å². The van der Waals surface area contributed by atoms with E-state index in [0.29, 0.717) is 18.7 Å². The molecule has 2 aliphatic rings. The number of hydrogen-bond donors (Lipinski definition) is 1. The van der Waals surface area contributed by atoms with Gasteiger partial charge < -0.3 is 14.5 Å². The van der Waals surface area contributed by atoms with E-state index in [4.69, 9.17) is 9.47 Å². The number of nitrogens with one attached hydrogen (secondary N) is 1. The maximum Gasteiger partial charge on any atom is 0.326 e. The monoisotopic (exact) mass is 356 g/mol. The number of Topliss-reactive ketones (excluding diaryl/α,β-unsaturated/α-hetero) is 1. The van der Waals surface area contributed by atoms with Crippen molar-refractivity contribution in [1.82, 2.24) is 9.88 Å². The molecule has 0 radical (unpaired) electrons. The van der Waals surface area contributed by atoms with Crippen LogP contribution in [0, 0.1) is 0 Å². The van der Waals surface area contributed by atoms with Crippen molar-refractivity contribution in [2.45, 2.75) is 24.3 Å². The van der Waals surface area contributed by atoms with Crippen molar-refractivity contribution in [1.29, 1.82) is 0 Å². The highest BCUT2D eigenvalue weighted by Crippen LogP contribution is 2.41. The van der Waals surface area contributed by atoms with Gasteiger partial charge in [-0.05, 0) is 11.6 Å². The highest BCUT2D eigenvalue weighted by atomic mass is 16.5. The maximum atomic E-state index is 13.0. The first-order valence-electron chi connectivity index (χ1n) is 8.56. The number of ketones is 1. The highest BCUT2D eigenvalue weighted by molar-refractivity contribution is 6.12. The minimum absolute atomic E-state index is 0.109. The molecule has 7 nitrogen and oxygen atoms in total. The van der Waals surface area contributed by atoms with Crippen molar-refractivity contribution in [3.8, 4) is 0 Å². The van der Waals surface area contributed by atoms with Crippen LogP contribution in [0.3, 0.4) is 0 Å². The summed E-state index contributed by atoms with van der Waals surface area (Å²) in [6.07, 6.45) is 0.551. The predicted molar refractivity (Wildman–Crippen MR) is 92.7 cm³/mol. The van der Waals surface area contributed by atoms with Crippen molar-refractivity contribution in [3.63, 3.8) is 0 Å². The molecule has 1 saturated heterocycles. The van der Waals surface area contributed by atoms with Gasteiger partial charge in [-0.15, -0.1) is 0 Å². The maximum absolute atomic E-state index is 13.0. The number of aromatic amines is 1. The summed E-state index contributed by atoms with van der Waals surface area (Å²) >= 11 is 0. The van der Waals surface area contributed by atoms with Crippen LogP contribution in [0.5, 0.6) is 0 Å². The molecule has 1 unspecified atom stereocenters. The van der Waals surface area contributed by atoms with E-state index in [-0.39, 0.29) is 24.7 Å². The summed E-state index contributed by atoms with van der Waals surface area (Å²) in [4.78, 5) is 43.4. The van der Waals surface area contributed by atoms with E-state index in [0.717, 1.165) is 16.5 Å². The number of benzene rings is 1. The van der Waals surface area contributed by atoms with Crippen LogP contribution in [0.1, 0.15) is 17.7 Å². The van der Waals surface area contributed by atoms with Gasteiger partial charge in [0.2, 0.25) is 0 Å². The fourth-order valence-electron chi connectivity index (χ4n) is 4.34. The summed E-state index contributed by atoms with van der Waals surface area (Å²) in [5.74, 6) is -1.14. The molecule has 0 spiro atoms. The van der Waals surface area contributed by atoms with Crippen LogP contribution in [0.25, 0.3) is 10.9 Å². The first-order valence-corrected chi connectivity index (χ1v) is 8.56. The molecule has 0 saturated carbocycles. The number of methoxy groups -OCH3 is 2. The number of carbonyl (C=O) groups excluding carboxylic acids is 3. The molecule has 136 valence electrons. The Labute approximate surface area is 150 Å². The topological polar surface area (TPSA) is 88.7 Å². The molecular formula is C19H20N2O5. The molecule has 2 aliphatic heterocycles. The first-order chi connectivity index (χ1) is 12.5. The van der Waals surface area contributed by atoms with Gasteiger partial charge in [0.1, 0.15) is 6.04 Å². The molecule has 1 fully saturated rings. The molecule has 4 rings (SSSR count). The van der Waals surface area contributed by atoms with Crippen LogP contribution in [0.2, 0.25) is 0 Å². The van der Waals surface area contributed by atoms with E-state index >= 15 is 0 Å². The Bertz CT molecular complexity index is 908. The molecular weight excluding hydrogens is 336 g/mol. The third-order valence-electron chi connectivity index (χ3n) is 5.63. The van der Waals surface area contributed by atoms with Crippen molar-refractivity contribution in [2.75, 3.05) is 27.3 Å². The van der Waals surface area contributed by atoms with E-state index in [1.165, 1.54) is 14.2 Å². The van der Waals surface area contributed by atoms with Crippen LogP contribution in [-0.2, 0) is 35.7 Å². The third-order valence-corrected chi connectivity index (χ3v) is 5.63. The Kier molecular flexibility index (Phi) is 3.84. The van der Waals surface area contributed by atoms with E-state index in [1.807, 2.05) is 29.2 Å². The second-order valence-corrected chi connectivity index (χ2v) is 6.81. The van der Waals surface area contributed by atoms with E-state index < -0.39 is 17.4 Å². The fraction of sp³-hybridized carbons (Fsp3) is 0.421. The minimum Gasteiger partial charge on any atom is -0.468 e. The van der Waals surface area contributed by atoms with Crippen molar-refractivity contribution in [2.24, 2.45) is 0 Å². The van der Waals surface area contributed by atoms with Gasteiger partial charge >= 0.3 is 11.9 Å². The average Bonchev–Trinajstić information content (AvgIpc) is 2.99. The van der Waals surface area contributed by atoms with Crippen LogP contribution in [0.15, 0.2) is 24.3 Å². The van der Waals surface area contributed by atoms with Crippen molar-refractivity contribution in [3.05, 3.63) is 35.5 Å². The van der Waals surface area contributed by atoms with Gasteiger partial charge in [0, 0.05) is 42.5 Å². The standard InChI is InChI=1S/C19H20N2O5/c1-25-17(23)14-9-12-11-5-3-4-6-13(11)20-16(12)19(18(24)26-2)10-21(14)8-7-15(19)22/h3-6,14,20H,7-10H2,1-2H3/t14-,19-/m0/s1. The van der Waals surface area contributed by atoms with Gasteiger partial charge in [0.25, 0.3) is 0 Å². The molecule has 2 aromatic rings. The second-order valence-electron chi connectivity index (χ2n) is 6.81. The molecule has 3 heterocycles.